The fraction of sp³-hybridized carbons (Fsp3) is 0.500. The summed E-state index contributed by atoms with van der Waals surface area (Å²) in [4.78, 5) is 2.52. The third kappa shape index (κ3) is 7.71. The van der Waals surface area contributed by atoms with Gasteiger partial charge in [-0.2, -0.15) is 4.58 Å². The summed E-state index contributed by atoms with van der Waals surface area (Å²) in [5.41, 5.74) is 10.3. The van der Waals surface area contributed by atoms with E-state index in [1.165, 1.54) is 45.1 Å². The highest BCUT2D eigenvalue weighted by atomic mass is 35.5. The van der Waals surface area contributed by atoms with Gasteiger partial charge in [0.2, 0.25) is 5.69 Å². The number of nitrogens with zero attached hydrogens (tertiary/aromatic N) is 2. The maximum Gasteiger partial charge on any atom is 0.209 e. The number of rotatable bonds is 15. The lowest BCUT2D eigenvalue weighted by molar-refractivity contribution is -0.438. The van der Waals surface area contributed by atoms with Crippen LogP contribution in [0.25, 0.3) is 0 Å². The second kappa shape index (κ2) is 16.0. The lowest BCUT2D eigenvalue weighted by atomic mass is 9.81. The molecule has 0 fully saturated rings. The maximum absolute atomic E-state index is 9.21. The first kappa shape index (κ1) is 35.4. The first-order valence-electron chi connectivity index (χ1n) is 18.0. The average Bonchev–Trinajstić information content (AvgIpc) is 3.42. The molecular formula is C42H56ClN2O2+. The van der Waals surface area contributed by atoms with E-state index in [2.05, 4.69) is 110 Å². The molecule has 0 radical (unpaired) electrons. The Morgan fingerprint density at radius 1 is 0.745 bits per heavy atom. The van der Waals surface area contributed by atoms with Gasteiger partial charge in [0, 0.05) is 65.7 Å². The van der Waals surface area contributed by atoms with Crippen molar-refractivity contribution >= 4 is 28.7 Å². The molecule has 0 aromatic heterocycles. The highest BCUT2D eigenvalue weighted by molar-refractivity contribution is 6.32. The number of benzene rings is 2. The van der Waals surface area contributed by atoms with Crippen LogP contribution in [0.5, 0.6) is 0 Å². The monoisotopic (exact) mass is 655 g/mol. The highest BCUT2D eigenvalue weighted by Gasteiger charge is 2.44. The van der Waals surface area contributed by atoms with Crippen molar-refractivity contribution in [3.05, 3.63) is 106 Å². The van der Waals surface area contributed by atoms with E-state index in [0.29, 0.717) is 0 Å². The van der Waals surface area contributed by atoms with E-state index in [4.69, 9.17) is 11.6 Å². The summed E-state index contributed by atoms with van der Waals surface area (Å²) in [6, 6.07) is 17.7. The molecule has 2 aromatic carbocycles. The van der Waals surface area contributed by atoms with Gasteiger partial charge in [0.1, 0.15) is 6.54 Å². The molecule has 0 atom stereocenters. The van der Waals surface area contributed by atoms with Gasteiger partial charge < -0.3 is 15.1 Å². The van der Waals surface area contributed by atoms with Crippen LogP contribution in [0.15, 0.2) is 94.7 Å². The summed E-state index contributed by atoms with van der Waals surface area (Å²) in [5, 5.41) is 19.3. The van der Waals surface area contributed by atoms with Gasteiger partial charge in [-0.15, -0.1) is 0 Å². The number of hydrogen-bond donors (Lipinski definition) is 2. The molecule has 0 unspecified atom stereocenters. The summed E-state index contributed by atoms with van der Waals surface area (Å²) in [5.74, 6) is 0. The van der Waals surface area contributed by atoms with Crippen LogP contribution >= 0.6 is 11.6 Å². The zero-order valence-corrected chi connectivity index (χ0v) is 30.0. The predicted octanol–water partition coefficient (Wildman–Crippen LogP) is 10.0. The Hall–Kier alpha value is -2.92. The number of fused-ring (bicyclic) bond motifs is 2. The van der Waals surface area contributed by atoms with Crippen molar-refractivity contribution in [3.63, 3.8) is 0 Å². The van der Waals surface area contributed by atoms with E-state index in [-0.39, 0.29) is 24.0 Å². The molecule has 5 rings (SSSR count). The molecule has 252 valence electrons. The first-order valence-corrected chi connectivity index (χ1v) is 18.4. The minimum atomic E-state index is -0.0897. The van der Waals surface area contributed by atoms with Crippen LogP contribution in [-0.4, -0.2) is 46.8 Å². The van der Waals surface area contributed by atoms with Crippen LogP contribution in [0.1, 0.15) is 109 Å². The smallest absolute Gasteiger partial charge is 0.209 e. The van der Waals surface area contributed by atoms with Gasteiger partial charge >= 0.3 is 0 Å². The van der Waals surface area contributed by atoms with E-state index < -0.39 is 0 Å². The molecule has 0 spiro atoms. The van der Waals surface area contributed by atoms with Crippen molar-refractivity contribution in [1.29, 1.82) is 0 Å². The molecule has 2 N–H and O–H groups in total. The van der Waals surface area contributed by atoms with Gasteiger partial charge in [-0.3, -0.25) is 0 Å². The van der Waals surface area contributed by atoms with E-state index in [1.807, 2.05) is 0 Å². The van der Waals surface area contributed by atoms with Crippen molar-refractivity contribution in [2.24, 2.45) is 0 Å². The van der Waals surface area contributed by atoms with Gasteiger partial charge in [0.15, 0.2) is 5.71 Å². The fourth-order valence-electron chi connectivity index (χ4n) is 7.80. The predicted molar refractivity (Wildman–Crippen MR) is 199 cm³/mol. The van der Waals surface area contributed by atoms with Crippen LogP contribution in [0.2, 0.25) is 0 Å². The van der Waals surface area contributed by atoms with Crippen LogP contribution in [0.4, 0.5) is 11.4 Å². The quantitative estimate of drug-likeness (QED) is 0.148. The number of hydrogen-bond acceptors (Lipinski definition) is 3. The number of unbranched alkanes of at least 4 members (excludes halogenated alkanes) is 6. The van der Waals surface area contributed by atoms with Crippen LogP contribution in [-0.2, 0) is 10.8 Å². The Morgan fingerprint density at radius 3 is 2.15 bits per heavy atom. The van der Waals surface area contributed by atoms with Crippen molar-refractivity contribution in [2.75, 3.05) is 31.2 Å². The maximum atomic E-state index is 9.21. The molecule has 0 saturated carbocycles. The normalized spacial score (nSPS) is 20.3. The van der Waals surface area contributed by atoms with Gasteiger partial charge in [-0.05, 0) is 87.6 Å². The number of halogens is 1. The van der Waals surface area contributed by atoms with E-state index in [1.54, 1.807) is 0 Å². The van der Waals surface area contributed by atoms with Gasteiger partial charge in [0.05, 0.1) is 5.41 Å². The van der Waals surface area contributed by atoms with Crippen LogP contribution in [0.3, 0.4) is 0 Å². The van der Waals surface area contributed by atoms with E-state index >= 15 is 0 Å². The largest absolute Gasteiger partial charge is 0.396 e. The summed E-state index contributed by atoms with van der Waals surface area (Å²) in [7, 11) is 0. The number of aliphatic hydroxyl groups is 2. The molecule has 1 aliphatic carbocycles. The average molecular weight is 656 g/mol. The lowest BCUT2D eigenvalue weighted by Gasteiger charge is -2.27. The molecule has 3 aliphatic rings. The zero-order chi connectivity index (χ0) is 33.4. The number of allylic oxidation sites excluding steroid dienone is 8. The van der Waals surface area contributed by atoms with Gasteiger partial charge in [-0.25, -0.2) is 0 Å². The second-order valence-corrected chi connectivity index (χ2v) is 14.9. The molecule has 0 saturated heterocycles. The number of aliphatic hydroxyl groups excluding tert-OH is 2. The minimum Gasteiger partial charge on any atom is -0.396 e. The van der Waals surface area contributed by atoms with Crippen LogP contribution in [0, 0.1) is 0 Å². The Morgan fingerprint density at radius 2 is 1.40 bits per heavy atom. The Bertz CT molecular complexity index is 1560. The standard InChI is InChI=1S/C42H56ClN2O2/c1-41(2)34-20-9-11-22-36(34)44(28-13-5-7-15-30-46)38(41)26-24-32-18-17-19-33(40(32)43)25-27-39-42(3,4)35-21-10-12-23-37(35)45(39)29-14-6-8-16-31-47/h9-12,20-27,46-47H,5-8,13-19,28-31H2,1-4H3/q+1. The molecule has 4 nitrogen and oxygen atoms in total. The molecule has 5 heteroatoms. The molecule has 0 bridgehead atoms. The topological polar surface area (TPSA) is 46.7 Å². The fourth-order valence-corrected chi connectivity index (χ4v) is 8.12. The molecule has 0 amide bonds. The third-order valence-corrected chi connectivity index (χ3v) is 11.0. The van der Waals surface area contributed by atoms with Crippen molar-refractivity contribution in [1.82, 2.24) is 0 Å². The van der Waals surface area contributed by atoms with Crippen molar-refractivity contribution in [3.8, 4) is 0 Å². The van der Waals surface area contributed by atoms with Crippen LogP contribution < -0.4 is 4.90 Å². The number of anilines is 1. The van der Waals surface area contributed by atoms with E-state index in [0.717, 1.165) is 88.8 Å². The summed E-state index contributed by atoms with van der Waals surface area (Å²) in [6.07, 6.45) is 20.7. The van der Waals surface area contributed by atoms with Gasteiger partial charge in [0.25, 0.3) is 0 Å². The SMILES string of the molecule is CC1(C)C(/C=C/C2=C(Cl)C(=C/C=C3\N(CCCCCCO)c4ccccc4C3(C)C)/CCC2)=[N+](CCCCCCO)c2ccccc21. The van der Waals surface area contributed by atoms with Crippen molar-refractivity contribution < 1.29 is 14.8 Å². The Balaban J connectivity index is 1.42. The molecule has 2 aliphatic heterocycles. The minimum absolute atomic E-state index is 0.0897. The Labute approximate surface area is 288 Å². The van der Waals surface area contributed by atoms with E-state index in [9.17, 15) is 10.2 Å². The summed E-state index contributed by atoms with van der Waals surface area (Å²) >= 11 is 7.23. The Kier molecular flexibility index (Phi) is 12.0. The van der Waals surface area contributed by atoms with Gasteiger partial charge in [-0.1, -0.05) is 93.3 Å². The second-order valence-electron chi connectivity index (χ2n) is 14.5. The summed E-state index contributed by atoms with van der Waals surface area (Å²) < 4.78 is 2.52. The summed E-state index contributed by atoms with van der Waals surface area (Å²) in [6.45, 7) is 11.9. The number of para-hydroxylation sites is 2. The lowest BCUT2D eigenvalue weighted by Crippen LogP contribution is -2.28. The zero-order valence-electron chi connectivity index (χ0n) is 29.2. The molecular weight excluding hydrogens is 600 g/mol. The first-order chi connectivity index (χ1) is 22.7. The third-order valence-electron chi connectivity index (χ3n) is 10.5. The molecule has 47 heavy (non-hydrogen) atoms. The molecule has 2 heterocycles. The highest BCUT2D eigenvalue weighted by Crippen LogP contribution is 2.48. The van der Waals surface area contributed by atoms with Crippen molar-refractivity contribution in [2.45, 2.75) is 109 Å². The molecule has 2 aromatic rings.